The maximum absolute atomic E-state index is 12.5. The van der Waals surface area contributed by atoms with Crippen molar-refractivity contribution in [1.82, 2.24) is 9.36 Å². The fourth-order valence-electron chi connectivity index (χ4n) is 2.88. The number of hydrogen-bond acceptors (Lipinski definition) is 11. The number of methoxy groups -OCH3 is 1. The van der Waals surface area contributed by atoms with Gasteiger partial charge in [-0.25, -0.2) is 8.42 Å². The van der Waals surface area contributed by atoms with Crippen molar-refractivity contribution in [2.24, 2.45) is 0 Å². The summed E-state index contributed by atoms with van der Waals surface area (Å²) in [6.45, 7) is 2.74. The maximum atomic E-state index is 12.5. The summed E-state index contributed by atoms with van der Waals surface area (Å²) in [6, 6.07) is 14.0. The fraction of sp³-hybridized carbons (Fsp3) is 0.250. The summed E-state index contributed by atoms with van der Waals surface area (Å²) in [6.07, 6.45) is 2.32. The maximum Gasteiger partial charge on any atom is 0.268 e. The zero-order valence-electron chi connectivity index (χ0n) is 20.3. The summed E-state index contributed by atoms with van der Waals surface area (Å²) < 4.78 is 49.0. The smallest absolute Gasteiger partial charge is 0.268 e. The molecule has 37 heavy (non-hydrogen) atoms. The predicted octanol–water partition coefficient (Wildman–Crippen LogP) is 3.35. The van der Waals surface area contributed by atoms with Crippen LogP contribution in [0.2, 0.25) is 0 Å². The highest BCUT2D eigenvalue weighted by Gasteiger charge is 2.18. The van der Waals surface area contributed by atoms with E-state index >= 15 is 0 Å². The molecule has 0 aliphatic carbocycles. The standard InChI is InChI=1S/C24H24N4O7S2/c1-4-33-21-14-16(5-10-20(21)35-12-11-34-19-8-6-18(32-2)7-9-19)13-17(15-25)22(29)26-23-27-24(28-36-23)37(3,30)31/h5-10,13-14H,4,11-12H2,1-3H3,(H,26,27,28,29)/b17-13-. The van der Waals surface area contributed by atoms with Crippen LogP contribution >= 0.6 is 11.5 Å². The molecule has 0 bridgehead atoms. The van der Waals surface area contributed by atoms with Gasteiger partial charge in [0.25, 0.3) is 11.1 Å². The highest BCUT2D eigenvalue weighted by Crippen LogP contribution is 2.29. The molecule has 1 amide bonds. The van der Waals surface area contributed by atoms with E-state index < -0.39 is 20.9 Å². The third-order valence-electron chi connectivity index (χ3n) is 4.57. The molecule has 13 heteroatoms. The van der Waals surface area contributed by atoms with Crippen LogP contribution in [0, 0.1) is 11.3 Å². The summed E-state index contributed by atoms with van der Waals surface area (Å²) in [5.74, 6) is 1.56. The van der Waals surface area contributed by atoms with Crippen LogP contribution in [0.25, 0.3) is 6.08 Å². The van der Waals surface area contributed by atoms with Crippen molar-refractivity contribution >= 4 is 38.5 Å². The second kappa shape index (κ2) is 12.7. The molecule has 1 N–H and O–H groups in total. The van der Waals surface area contributed by atoms with E-state index in [9.17, 15) is 18.5 Å². The first-order chi connectivity index (χ1) is 17.7. The van der Waals surface area contributed by atoms with E-state index in [-0.39, 0.29) is 17.3 Å². The molecule has 0 saturated heterocycles. The molecule has 0 spiro atoms. The first-order valence-electron chi connectivity index (χ1n) is 10.9. The third-order valence-corrected chi connectivity index (χ3v) is 6.16. The number of rotatable bonds is 12. The second-order valence-corrected chi connectivity index (χ2v) is 9.95. The molecule has 0 unspecified atom stereocenters. The SMILES string of the molecule is CCOc1cc(/C=C(/C#N)C(=O)Nc2nc(S(C)(=O)=O)ns2)ccc1OCCOc1ccc(OC)cc1. The molecule has 1 heterocycles. The van der Waals surface area contributed by atoms with Crippen LogP contribution in [0.4, 0.5) is 5.13 Å². The zero-order chi connectivity index (χ0) is 26.8. The Kier molecular flexibility index (Phi) is 9.42. The Morgan fingerprint density at radius 1 is 1.08 bits per heavy atom. The minimum absolute atomic E-state index is 0.0396. The lowest BCUT2D eigenvalue weighted by atomic mass is 10.1. The number of nitrogens with one attached hydrogen (secondary N) is 1. The number of carbonyl (C=O) groups is 1. The molecule has 194 valence electrons. The van der Waals surface area contributed by atoms with E-state index in [4.69, 9.17) is 18.9 Å². The molecule has 0 atom stereocenters. The van der Waals surface area contributed by atoms with Crippen molar-refractivity contribution in [3.63, 3.8) is 0 Å². The van der Waals surface area contributed by atoms with Gasteiger partial charge in [-0.15, -0.1) is 0 Å². The van der Waals surface area contributed by atoms with Crippen molar-refractivity contribution < 1.29 is 32.2 Å². The van der Waals surface area contributed by atoms with Crippen molar-refractivity contribution in [1.29, 1.82) is 5.26 Å². The minimum atomic E-state index is -3.61. The molecular weight excluding hydrogens is 520 g/mol. The van der Waals surface area contributed by atoms with Crippen molar-refractivity contribution in [2.75, 3.05) is 38.5 Å². The number of nitriles is 1. The Morgan fingerprint density at radius 2 is 1.78 bits per heavy atom. The van der Waals surface area contributed by atoms with Crippen LogP contribution in [-0.4, -0.2) is 56.9 Å². The van der Waals surface area contributed by atoms with Crippen LogP contribution in [0.15, 0.2) is 53.2 Å². The molecule has 11 nitrogen and oxygen atoms in total. The quantitative estimate of drug-likeness (QED) is 0.204. The number of hydrogen-bond donors (Lipinski definition) is 1. The molecule has 1 aromatic heterocycles. The zero-order valence-corrected chi connectivity index (χ0v) is 21.9. The summed E-state index contributed by atoms with van der Waals surface area (Å²) >= 11 is 0.698. The van der Waals surface area contributed by atoms with Crippen LogP contribution in [-0.2, 0) is 14.6 Å². The van der Waals surface area contributed by atoms with Gasteiger partial charge in [0.05, 0.1) is 13.7 Å². The van der Waals surface area contributed by atoms with E-state index in [0.717, 1.165) is 12.0 Å². The van der Waals surface area contributed by atoms with Gasteiger partial charge in [-0.1, -0.05) is 6.07 Å². The van der Waals surface area contributed by atoms with Gasteiger partial charge in [0.2, 0.25) is 15.0 Å². The predicted molar refractivity (Wildman–Crippen MR) is 137 cm³/mol. The summed E-state index contributed by atoms with van der Waals surface area (Å²) in [7, 11) is -2.02. The van der Waals surface area contributed by atoms with Crippen molar-refractivity contribution in [3.05, 3.63) is 53.6 Å². The van der Waals surface area contributed by atoms with Gasteiger partial charge >= 0.3 is 0 Å². The van der Waals surface area contributed by atoms with Gasteiger partial charge in [0, 0.05) is 17.8 Å². The van der Waals surface area contributed by atoms with Gasteiger partial charge in [-0.2, -0.15) is 14.6 Å². The molecular formula is C24H24N4O7S2. The van der Waals surface area contributed by atoms with Gasteiger partial charge in [0.1, 0.15) is 36.4 Å². The molecule has 2 aromatic carbocycles. The molecule has 0 saturated carbocycles. The number of anilines is 1. The molecule has 0 aliphatic heterocycles. The number of sulfone groups is 1. The van der Waals surface area contributed by atoms with Crippen molar-refractivity contribution in [3.8, 4) is 29.1 Å². The minimum Gasteiger partial charge on any atom is -0.497 e. The Bertz CT molecular complexity index is 1410. The Balaban J connectivity index is 1.65. The van der Waals surface area contributed by atoms with Gasteiger partial charge < -0.3 is 18.9 Å². The van der Waals surface area contributed by atoms with Crippen LogP contribution in [0.1, 0.15) is 12.5 Å². The van der Waals surface area contributed by atoms with E-state index in [1.54, 1.807) is 49.6 Å². The lowest BCUT2D eigenvalue weighted by Crippen LogP contribution is -2.13. The molecule has 0 fully saturated rings. The molecule has 0 aliphatic rings. The van der Waals surface area contributed by atoms with Gasteiger partial charge in [-0.3, -0.25) is 10.1 Å². The summed E-state index contributed by atoms with van der Waals surface area (Å²) in [5, 5.41) is 11.4. The third kappa shape index (κ3) is 7.92. The van der Waals surface area contributed by atoms with E-state index in [2.05, 4.69) is 14.7 Å². The average Bonchev–Trinajstić information content (AvgIpc) is 3.36. The van der Waals surface area contributed by atoms with E-state index in [1.807, 2.05) is 13.0 Å². The molecule has 3 aromatic rings. The summed E-state index contributed by atoms with van der Waals surface area (Å²) in [5.41, 5.74) is 0.297. The number of nitrogens with zero attached hydrogens (tertiary/aromatic N) is 3. The first kappa shape index (κ1) is 27.4. The Hall–Kier alpha value is -4.15. The number of amides is 1. The average molecular weight is 545 g/mol. The van der Waals surface area contributed by atoms with Crippen LogP contribution in [0.5, 0.6) is 23.0 Å². The number of carbonyl (C=O) groups excluding carboxylic acids is 1. The lowest BCUT2D eigenvalue weighted by molar-refractivity contribution is -0.112. The Morgan fingerprint density at radius 3 is 2.41 bits per heavy atom. The van der Waals surface area contributed by atoms with Gasteiger partial charge in [-0.05, 0) is 55.0 Å². The number of aromatic nitrogens is 2. The van der Waals surface area contributed by atoms with E-state index in [0.29, 0.717) is 47.6 Å². The highest BCUT2D eigenvalue weighted by molar-refractivity contribution is 7.90. The Labute approximate surface area is 218 Å². The second-order valence-electron chi connectivity index (χ2n) is 7.29. The van der Waals surface area contributed by atoms with Crippen LogP contribution in [0.3, 0.4) is 0 Å². The highest BCUT2D eigenvalue weighted by atomic mass is 32.2. The normalized spacial score (nSPS) is 11.4. The topological polar surface area (TPSA) is 150 Å². The largest absolute Gasteiger partial charge is 0.497 e. The monoisotopic (exact) mass is 544 g/mol. The van der Waals surface area contributed by atoms with E-state index in [1.165, 1.54) is 6.08 Å². The van der Waals surface area contributed by atoms with Gasteiger partial charge in [0.15, 0.2) is 11.5 Å². The van der Waals surface area contributed by atoms with Crippen LogP contribution < -0.4 is 24.3 Å². The summed E-state index contributed by atoms with van der Waals surface area (Å²) in [4.78, 5) is 16.3. The number of ether oxygens (including phenoxy) is 4. The molecule has 3 rings (SSSR count). The fourth-order valence-corrected chi connectivity index (χ4v) is 4.32. The lowest BCUT2D eigenvalue weighted by Gasteiger charge is -2.13. The number of benzene rings is 2. The first-order valence-corrected chi connectivity index (χ1v) is 13.5. The van der Waals surface area contributed by atoms with Crippen molar-refractivity contribution in [2.45, 2.75) is 12.1 Å². The molecule has 0 radical (unpaired) electrons.